The Bertz CT molecular complexity index is 512. The number of rotatable bonds is 2. The number of nitrogens with two attached hydrogens (primary N) is 1. The standard InChI is InChI=1S/C13H16F2N2O2/c1-17-4-2-13(3-5-17,12(18)19)9-6-8(14)7-10(15)11(9)16/h6-7H,2-5,16H2,1H3,(H,18,19). The van der Waals surface area contributed by atoms with E-state index in [9.17, 15) is 18.7 Å². The van der Waals surface area contributed by atoms with Crippen LogP contribution in [0.4, 0.5) is 14.5 Å². The number of aliphatic carboxylic acids is 1. The van der Waals surface area contributed by atoms with Gasteiger partial charge in [0.2, 0.25) is 0 Å². The fourth-order valence-corrected chi connectivity index (χ4v) is 2.58. The third-order valence-electron chi connectivity index (χ3n) is 3.86. The number of nitrogens with zero attached hydrogens (tertiary/aromatic N) is 1. The summed E-state index contributed by atoms with van der Waals surface area (Å²) in [5, 5.41) is 9.52. The van der Waals surface area contributed by atoms with Crippen molar-refractivity contribution in [1.82, 2.24) is 4.90 Å². The van der Waals surface area contributed by atoms with E-state index < -0.39 is 23.0 Å². The van der Waals surface area contributed by atoms with Gasteiger partial charge >= 0.3 is 5.97 Å². The first-order valence-electron chi connectivity index (χ1n) is 6.04. The van der Waals surface area contributed by atoms with Crippen molar-refractivity contribution in [1.29, 1.82) is 0 Å². The lowest BCUT2D eigenvalue weighted by molar-refractivity contribution is -0.145. The molecule has 0 spiro atoms. The third kappa shape index (κ3) is 2.28. The van der Waals surface area contributed by atoms with Crippen molar-refractivity contribution >= 4 is 11.7 Å². The van der Waals surface area contributed by atoms with Crippen LogP contribution in [0.1, 0.15) is 18.4 Å². The normalized spacial score (nSPS) is 19.3. The topological polar surface area (TPSA) is 66.6 Å². The molecule has 1 saturated heterocycles. The van der Waals surface area contributed by atoms with Crippen molar-refractivity contribution in [2.45, 2.75) is 18.3 Å². The van der Waals surface area contributed by atoms with Gasteiger partial charge in [-0.25, -0.2) is 8.78 Å². The predicted octanol–water partition coefficient (Wildman–Crippen LogP) is 1.60. The van der Waals surface area contributed by atoms with Crippen LogP contribution in [0.3, 0.4) is 0 Å². The van der Waals surface area contributed by atoms with Gasteiger partial charge in [0.25, 0.3) is 0 Å². The molecule has 0 saturated carbocycles. The Morgan fingerprint density at radius 3 is 2.47 bits per heavy atom. The second-order valence-electron chi connectivity index (χ2n) is 5.04. The molecule has 1 heterocycles. The molecule has 1 aliphatic heterocycles. The van der Waals surface area contributed by atoms with Crippen LogP contribution in [0.5, 0.6) is 0 Å². The lowest BCUT2D eigenvalue weighted by Gasteiger charge is -2.38. The maximum atomic E-state index is 13.5. The molecule has 4 nitrogen and oxygen atoms in total. The van der Waals surface area contributed by atoms with Crippen molar-refractivity contribution in [3.8, 4) is 0 Å². The lowest BCUT2D eigenvalue weighted by atomic mass is 9.72. The first-order chi connectivity index (χ1) is 8.86. The van der Waals surface area contributed by atoms with Crippen LogP contribution in [0.15, 0.2) is 12.1 Å². The average molecular weight is 270 g/mol. The molecule has 1 aromatic carbocycles. The van der Waals surface area contributed by atoms with Gasteiger partial charge in [0.1, 0.15) is 11.6 Å². The Hall–Kier alpha value is -1.69. The molecule has 2 rings (SSSR count). The molecule has 0 aromatic heterocycles. The van der Waals surface area contributed by atoms with Crippen LogP contribution in [-0.4, -0.2) is 36.1 Å². The number of carboxylic acids is 1. The largest absolute Gasteiger partial charge is 0.481 e. The Balaban J connectivity index is 2.54. The number of halogens is 2. The van der Waals surface area contributed by atoms with Crippen molar-refractivity contribution in [2.75, 3.05) is 25.9 Å². The molecule has 0 bridgehead atoms. The Morgan fingerprint density at radius 1 is 1.37 bits per heavy atom. The molecule has 0 aliphatic carbocycles. The molecule has 19 heavy (non-hydrogen) atoms. The number of nitrogen functional groups attached to an aromatic ring is 1. The van der Waals surface area contributed by atoms with Gasteiger partial charge < -0.3 is 15.7 Å². The summed E-state index contributed by atoms with van der Waals surface area (Å²) < 4.78 is 26.9. The van der Waals surface area contributed by atoms with Gasteiger partial charge in [-0.15, -0.1) is 0 Å². The number of likely N-dealkylation sites (tertiary alicyclic amines) is 1. The van der Waals surface area contributed by atoms with E-state index in [1.807, 2.05) is 11.9 Å². The summed E-state index contributed by atoms with van der Waals surface area (Å²) in [6.07, 6.45) is 0.567. The van der Waals surface area contributed by atoms with E-state index in [4.69, 9.17) is 5.73 Å². The molecule has 104 valence electrons. The molecule has 1 fully saturated rings. The van der Waals surface area contributed by atoms with Crippen LogP contribution in [0.2, 0.25) is 0 Å². The minimum Gasteiger partial charge on any atom is -0.481 e. The van der Waals surface area contributed by atoms with Gasteiger partial charge in [-0.3, -0.25) is 4.79 Å². The van der Waals surface area contributed by atoms with Crippen LogP contribution in [-0.2, 0) is 10.2 Å². The van der Waals surface area contributed by atoms with Crippen LogP contribution >= 0.6 is 0 Å². The van der Waals surface area contributed by atoms with E-state index in [0.29, 0.717) is 19.2 Å². The van der Waals surface area contributed by atoms with E-state index in [-0.39, 0.29) is 24.1 Å². The molecule has 1 aromatic rings. The highest BCUT2D eigenvalue weighted by Crippen LogP contribution is 2.39. The summed E-state index contributed by atoms with van der Waals surface area (Å²) in [4.78, 5) is 13.6. The first kappa shape index (κ1) is 13.7. The first-order valence-corrected chi connectivity index (χ1v) is 6.04. The Morgan fingerprint density at radius 2 is 1.95 bits per heavy atom. The minimum absolute atomic E-state index is 0.0469. The van der Waals surface area contributed by atoms with Gasteiger partial charge in [-0.1, -0.05) is 0 Å². The van der Waals surface area contributed by atoms with E-state index in [2.05, 4.69) is 0 Å². The molecular weight excluding hydrogens is 254 g/mol. The van der Waals surface area contributed by atoms with Gasteiger partial charge in [0.15, 0.2) is 0 Å². The van der Waals surface area contributed by atoms with Gasteiger partial charge in [-0.2, -0.15) is 0 Å². The monoisotopic (exact) mass is 270 g/mol. The fraction of sp³-hybridized carbons (Fsp3) is 0.462. The number of carboxylic acid groups (broad SMARTS) is 1. The minimum atomic E-state index is -1.31. The van der Waals surface area contributed by atoms with Crippen molar-refractivity contribution in [3.05, 3.63) is 29.3 Å². The van der Waals surface area contributed by atoms with Gasteiger partial charge in [0.05, 0.1) is 11.1 Å². The summed E-state index contributed by atoms with van der Waals surface area (Å²) >= 11 is 0. The zero-order chi connectivity index (χ0) is 14.2. The molecule has 3 N–H and O–H groups in total. The number of hydrogen-bond acceptors (Lipinski definition) is 3. The maximum absolute atomic E-state index is 13.5. The van der Waals surface area contributed by atoms with E-state index in [0.717, 1.165) is 6.07 Å². The second-order valence-corrected chi connectivity index (χ2v) is 5.04. The predicted molar refractivity (Wildman–Crippen MR) is 66.8 cm³/mol. The molecular formula is C13H16F2N2O2. The summed E-state index contributed by atoms with van der Waals surface area (Å²) in [5.74, 6) is -2.80. The number of hydrogen-bond donors (Lipinski definition) is 2. The highest BCUT2D eigenvalue weighted by Gasteiger charge is 2.44. The third-order valence-corrected chi connectivity index (χ3v) is 3.86. The molecule has 0 radical (unpaired) electrons. The maximum Gasteiger partial charge on any atom is 0.314 e. The van der Waals surface area contributed by atoms with E-state index in [1.54, 1.807) is 0 Å². The summed E-state index contributed by atoms with van der Waals surface area (Å²) in [6.45, 7) is 1.09. The molecule has 0 amide bonds. The highest BCUT2D eigenvalue weighted by atomic mass is 19.1. The molecule has 6 heteroatoms. The molecule has 1 aliphatic rings. The lowest BCUT2D eigenvalue weighted by Crippen LogP contribution is -2.46. The molecule has 0 atom stereocenters. The quantitative estimate of drug-likeness (QED) is 0.801. The van der Waals surface area contributed by atoms with Gasteiger partial charge in [0, 0.05) is 6.07 Å². The van der Waals surface area contributed by atoms with E-state index in [1.165, 1.54) is 0 Å². The number of anilines is 1. The van der Waals surface area contributed by atoms with Crippen LogP contribution in [0.25, 0.3) is 0 Å². The highest BCUT2D eigenvalue weighted by molar-refractivity contribution is 5.84. The Labute approximate surface area is 109 Å². The van der Waals surface area contributed by atoms with Crippen molar-refractivity contribution < 1.29 is 18.7 Å². The van der Waals surface area contributed by atoms with E-state index >= 15 is 0 Å². The zero-order valence-corrected chi connectivity index (χ0v) is 10.6. The zero-order valence-electron chi connectivity index (χ0n) is 10.6. The fourth-order valence-electron chi connectivity index (χ4n) is 2.58. The summed E-state index contributed by atoms with van der Waals surface area (Å²) in [7, 11) is 1.88. The summed E-state index contributed by atoms with van der Waals surface area (Å²) in [6, 6.07) is 1.71. The average Bonchev–Trinajstić information content (AvgIpc) is 2.35. The number of carbonyl (C=O) groups is 1. The number of piperidine rings is 1. The number of benzene rings is 1. The van der Waals surface area contributed by atoms with Gasteiger partial charge in [-0.05, 0) is 44.6 Å². The smallest absolute Gasteiger partial charge is 0.314 e. The Kier molecular flexibility index (Phi) is 3.45. The van der Waals surface area contributed by atoms with Crippen LogP contribution in [0, 0.1) is 11.6 Å². The van der Waals surface area contributed by atoms with Crippen molar-refractivity contribution in [2.24, 2.45) is 0 Å². The van der Waals surface area contributed by atoms with Crippen LogP contribution < -0.4 is 5.73 Å². The SMILES string of the molecule is CN1CCC(C(=O)O)(c2cc(F)cc(F)c2N)CC1. The summed E-state index contributed by atoms with van der Waals surface area (Å²) in [5.41, 5.74) is 4.09. The molecule has 0 unspecified atom stereocenters. The van der Waals surface area contributed by atoms with Crippen molar-refractivity contribution in [3.63, 3.8) is 0 Å². The second kappa shape index (κ2) is 4.77.